The van der Waals surface area contributed by atoms with Crippen molar-refractivity contribution in [2.75, 3.05) is 0 Å². The van der Waals surface area contributed by atoms with E-state index in [0.29, 0.717) is 0 Å². The van der Waals surface area contributed by atoms with Crippen molar-refractivity contribution in [2.24, 2.45) is 0 Å². The summed E-state index contributed by atoms with van der Waals surface area (Å²) >= 11 is -4.61. The van der Waals surface area contributed by atoms with E-state index < -0.39 is 37.5 Å². The molecule has 0 aromatic rings. The van der Waals surface area contributed by atoms with Crippen LogP contribution >= 0.6 is 0 Å². The van der Waals surface area contributed by atoms with Gasteiger partial charge in [-0.05, 0) is 0 Å². The Balaban J connectivity index is 5.43. The molecule has 0 aromatic heterocycles. The summed E-state index contributed by atoms with van der Waals surface area (Å²) in [5.74, 6) is -1.58. The second-order valence-corrected chi connectivity index (χ2v) is 11.5. The Kier molecular flexibility index (Phi) is 9.32. The molecule has 0 bridgehead atoms. The molecule has 0 saturated heterocycles. The van der Waals surface area contributed by atoms with Crippen LogP contribution < -0.4 is 0 Å². The number of hydrogen-bond donors (Lipinski definition) is 0. The molecule has 0 aliphatic carbocycles. The van der Waals surface area contributed by atoms with Gasteiger partial charge in [-0.25, -0.2) is 0 Å². The normalized spacial score (nSPS) is 10.5. The van der Waals surface area contributed by atoms with E-state index in [-0.39, 0.29) is 23.7 Å². The molecule has 0 aromatic carbocycles. The maximum atomic E-state index is 11.6. The summed E-state index contributed by atoms with van der Waals surface area (Å²) in [7, 11) is 0. The zero-order valence-corrected chi connectivity index (χ0v) is 16.2. The summed E-state index contributed by atoms with van der Waals surface area (Å²) in [6.45, 7) is 8.61. The predicted octanol–water partition coefficient (Wildman–Crippen LogP) is 2.75. The van der Waals surface area contributed by atoms with Crippen molar-refractivity contribution < 1.29 is 23.6 Å². The zero-order valence-electron chi connectivity index (χ0n) is 13.4. The van der Waals surface area contributed by atoms with Gasteiger partial charge in [-0.1, -0.05) is 0 Å². The molecule has 0 aliphatic heterocycles. The quantitative estimate of drug-likeness (QED) is 0.455. The minimum atomic E-state index is -4.61. The molecule has 0 rings (SSSR count). The van der Waals surface area contributed by atoms with Gasteiger partial charge in [0.05, 0.1) is 0 Å². The van der Waals surface area contributed by atoms with Crippen molar-refractivity contribution in [3.05, 3.63) is 11.6 Å². The third-order valence-corrected chi connectivity index (χ3v) is 9.06. The average Bonchev–Trinajstić information content (AvgIpc) is 2.44. The van der Waals surface area contributed by atoms with Crippen LogP contribution in [0, 0.1) is 0 Å². The summed E-state index contributed by atoms with van der Waals surface area (Å²) in [5.41, 5.74) is 0.962. The maximum absolute atomic E-state index is 11.6. The second-order valence-electron chi connectivity index (χ2n) is 4.65. The standard InChI is InChI=1S/C5H9.3C3H6O2.Sn/c1-4-5(2)3;3*1-2-3(4)5;/h4H,1H2,2-3H3;3*2H2,1H3,(H,4,5);/q;;;;+3/p-3. The van der Waals surface area contributed by atoms with Gasteiger partial charge < -0.3 is 0 Å². The molecule has 6 nitrogen and oxygen atoms in total. The molecule has 0 unspecified atom stereocenters. The fourth-order valence-corrected chi connectivity index (χ4v) is 8.41. The number of rotatable bonds is 8. The Hall–Kier alpha value is -1.05. The number of carbonyl (C=O) groups excluding carboxylic acids is 3. The van der Waals surface area contributed by atoms with Crippen molar-refractivity contribution in [3.63, 3.8) is 0 Å². The second kappa shape index (κ2) is 9.81. The van der Waals surface area contributed by atoms with Crippen LogP contribution in [0.25, 0.3) is 0 Å². The van der Waals surface area contributed by atoms with Crippen LogP contribution in [0.1, 0.15) is 53.9 Å². The monoisotopic (exact) mass is 408 g/mol. The SMILES string of the molecule is CCC(=O)[O][Sn]([CH2]C=C(C)C)([O]C(=O)CC)[O]C(=O)CC. The van der Waals surface area contributed by atoms with E-state index in [0.717, 1.165) is 5.57 Å². The van der Waals surface area contributed by atoms with Gasteiger partial charge >= 0.3 is 131 Å². The Labute approximate surface area is 131 Å². The molecule has 0 saturated carbocycles. The fourth-order valence-electron chi connectivity index (χ4n) is 1.25. The molecule has 7 heteroatoms. The minimum absolute atomic E-state index is 0.126. The van der Waals surface area contributed by atoms with Crippen LogP contribution in [0.2, 0.25) is 4.44 Å². The Bertz CT molecular complexity index is 366. The molecule has 0 radical (unpaired) electrons. The number of carbonyl (C=O) groups is 3. The van der Waals surface area contributed by atoms with Gasteiger partial charge in [0.15, 0.2) is 0 Å². The van der Waals surface area contributed by atoms with E-state index in [1.54, 1.807) is 26.8 Å². The molecular weight excluding hydrogens is 383 g/mol. The molecule has 0 N–H and O–H groups in total. The van der Waals surface area contributed by atoms with Crippen molar-refractivity contribution in [3.8, 4) is 0 Å². The molecule has 0 aliphatic rings. The fraction of sp³-hybridized carbons (Fsp3) is 0.643. The van der Waals surface area contributed by atoms with Gasteiger partial charge in [0.25, 0.3) is 0 Å². The van der Waals surface area contributed by atoms with E-state index in [1.807, 2.05) is 13.8 Å². The van der Waals surface area contributed by atoms with Crippen molar-refractivity contribution in [1.29, 1.82) is 0 Å². The van der Waals surface area contributed by atoms with Gasteiger partial charge in [0.1, 0.15) is 0 Å². The molecular formula is C14H24O6Sn. The molecule has 0 atom stereocenters. The predicted molar refractivity (Wildman–Crippen MR) is 79.1 cm³/mol. The summed E-state index contributed by atoms with van der Waals surface area (Å²) in [6.07, 6.45) is 2.15. The summed E-state index contributed by atoms with van der Waals surface area (Å²) in [6, 6.07) is 0. The van der Waals surface area contributed by atoms with Gasteiger partial charge in [-0.3, -0.25) is 0 Å². The molecule has 120 valence electrons. The van der Waals surface area contributed by atoms with Crippen molar-refractivity contribution in [2.45, 2.75) is 58.3 Å². The van der Waals surface area contributed by atoms with Crippen molar-refractivity contribution >= 4 is 37.5 Å². The molecule has 0 heterocycles. The van der Waals surface area contributed by atoms with E-state index in [4.69, 9.17) is 9.22 Å². The number of allylic oxidation sites excluding steroid dienone is 2. The van der Waals surface area contributed by atoms with Crippen molar-refractivity contribution in [1.82, 2.24) is 0 Å². The summed E-state index contributed by atoms with van der Waals surface area (Å²) in [5, 5.41) is 0. The first kappa shape index (κ1) is 19.9. The topological polar surface area (TPSA) is 78.9 Å². The average molecular weight is 407 g/mol. The molecule has 0 spiro atoms. The summed E-state index contributed by atoms with van der Waals surface area (Å²) < 4.78 is 16.1. The van der Waals surface area contributed by atoms with E-state index >= 15 is 0 Å². The first-order chi connectivity index (χ1) is 9.78. The van der Waals surface area contributed by atoms with Crippen LogP contribution in [0.15, 0.2) is 11.6 Å². The van der Waals surface area contributed by atoms with Gasteiger partial charge in [0, 0.05) is 0 Å². The Morgan fingerprint density at radius 3 is 1.38 bits per heavy atom. The van der Waals surface area contributed by atoms with Crippen LogP contribution in [0.5, 0.6) is 0 Å². The first-order valence-corrected chi connectivity index (χ1v) is 12.6. The third kappa shape index (κ3) is 8.08. The van der Waals surface area contributed by atoms with E-state index in [9.17, 15) is 14.4 Å². The van der Waals surface area contributed by atoms with E-state index in [1.165, 1.54) is 0 Å². The molecule has 21 heavy (non-hydrogen) atoms. The number of hydrogen-bond acceptors (Lipinski definition) is 6. The zero-order chi connectivity index (χ0) is 16.5. The van der Waals surface area contributed by atoms with Gasteiger partial charge in [-0.2, -0.15) is 0 Å². The van der Waals surface area contributed by atoms with Crippen LogP contribution in [-0.4, -0.2) is 37.5 Å². The van der Waals surface area contributed by atoms with Crippen LogP contribution in [0.4, 0.5) is 0 Å². The third-order valence-electron chi connectivity index (χ3n) is 2.43. The molecule has 0 amide bonds. The Morgan fingerprint density at radius 1 is 0.810 bits per heavy atom. The first-order valence-electron chi connectivity index (χ1n) is 7.07. The van der Waals surface area contributed by atoms with Crippen LogP contribution in [-0.2, 0) is 23.6 Å². The van der Waals surface area contributed by atoms with Crippen LogP contribution in [0.3, 0.4) is 0 Å². The van der Waals surface area contributed by atoms with Gasteiger partial charge in [0.2, 0.25) is 0 Å². The Morgan fingerprint density at radius 2 is 1.14 bits per heavy atom. The van der Waals surface area contributed by atoms with E-state index in [2.05, 4.69) is 0 Å². The van der Waals surface area contributed by atoms with Gasteiger partial charge in [-0.15, -0.1) is 0 Å². The molecule has 0 fully saturated rings. The summed E-state index contributed by atoms with van der Waals surface area (Å²) in [4.78, 5) is 34.9.